The van der Waals surface area contributed by atoms with Gasteiger partial charge in [-0.15, -0.1) is 0 Å². The normalized spacial score (nSPS) is 16.3. The third-order valence-corrected chi connectivity index (χ3v) is 5.12. The molecule has 0 fully saturated rings. The minimum Gasteiger partial charge on any atom is -0.384 e. The molecule has 132 valence electrons. The Bertz CT molecular complexity index is 592. The fourth-order valence-electron chi connectivity index (χ4n) is 1.86. The van der Waals surface area contributed by atoms with Gasteiger partial charge in [-0.3, -0.25) is 0 Å². The van der Waals surface area contributed by atoms with Crippen LogP contribution in [0.2, 0.25) is 0 Å². The molecule has 1 aromatic carbocycles. The lowest BCUT2D eigenvalue weighted by molar-refractivity contribution is -0.170. The van der Waals surface area contributed by atoms with Crippen LogP contribution in [0.4, 0.5) is 13.2 Å². The second-order valence-electron chi connectivity index (χ2n) is 7.06. The first-order valence-electron chi connectivity index (χ1n) is 7.26. The van der Waals surface area contributed by atoms with Crippen LogP contribution in [0.5, 0.6) is 0 Å². The van der Waals surface area contributed by atoms with E-state index in [9.17, 15) is 22.5 Å². The summed E-state index contributed by atoms with van der Waals surface area (Å²) in [5.74, 6) is -4.86. The first-order valence-corrected chi connectivity index (χ1v) is 8.41. The van der Waals surface area contributed by atoms with Crippen molar-refractivity contribution in [2.75, 3.05) is 0 Å². The molecular weight excluding hydrogens is 327 g/mol. The third kappa shape index (κ3) is 4.33. The minimum absolute atomic E-state index is 0.0241. The summed E-state index contributed by atoms with van der Waals surface area (Å²) in [5.41, 5.74) is -3.31. The highest BCUT2D eigenvalue weighted by Gasteiger charge is 2.49. The fourth-order valence-corrected chi connectivity index (χ4v) is 2.66. The maximum atomic E-state index is 14.6. The summed E-state index contributed by atoms with van der Waals surface area (Å²) in [6.07, 6.45) is 0. The van der Waals surface area contributed by atoms with Gasteiger partial charge in [0.25, 0.3) is 0 Å². The Morgan fingerprint density at radius 1 is 1.17 bits per heavy atom. The van der Waals surface area contributed by atoms with Gasteiger partial charge in [0.2, 0.25) is 0 Å². The summed E-state index contributed by atoms with van der Waals surface area (Å²) in [4.78, 5) is 0. The Hall–Kier alpha value is -0.920. The largest absolute Gasteiger partial charge is 0.384 e. The second kappa shape index (κ2) is 6.53. The van der Waals surface area contributed by atoms with Crippen molar-refractivity contribution >= 4 is 11.0 Å². The lowest BCUT2D eigenvalue weighted by atomic mass is 9.91. The van der Waals surface area contributed by atoms with Gasteiger partial charge in [-0.2, -0.15) is 8.78 Å². The number of hydrogen-bond donors (Lipinski definition) is 2. The van der Waals surface area contributed by atoms with Crippen LogP contribution < -0.4 is 4.72 Å². The van der Waals surface area contributed by atoms with E-state index >= 15 is 0 Å². The summed E-state index contributed by atoms with van der Waals surface area (Å²) in [6.45, 7) is 8.65. The SMILES string of the molecule is CC(NS(=O)C(C)(C)C)c1cccc(C(F)(F)C(C)(C)O)c1F. The zero-order valence-electron chi connectivity index (χ0n) is 14.2. The first kappa shape index (κ1) is 20.1. The van der Waals surface area contributed by atoms with Gasteiger partial charge in [0.1, 0.15) is 11.4 Å². The van der Waals surface area contributed by atoms with Gasteiger partial charge >= 0.3 is 5.92 Å². The van der Waals surface area contributed by atoms with Crippen LogP contribution in [0.3, 0.4) is 0 Å². The fraction of sp³-hybridized carbons (Fsp3) is 0.625. The number of nitrogens with one attached hydrogen (secondary N) is 1. The van der Waals surface area contributed by atoms with Crippen LogP contribution in [-0.4, -0.2) is 19.7 Å². The van der Waals surface area contributed by atoms with Crippen LogP contribution >= 0.6 is 0 Å². The highest BCUT2D eigenvalue weighted by atomic mass is 32.2. The molecule has 1 aromatic rings. The van der Waals surface area contributed by atoms with E-state index < -0.39 is 44.7 Å². The molecule has 2 unspecified atom stereocenters. The summed E-state index contributed by atoms with van der Waals surface area (Å²) in [5, 5.41) is 9.62. The van der Waals surface area contributed by atoms with Crippen LogP contribution in [0.1, 0.15) is 58.7 Å². The van der Waals surface area contributed by atoms with Crippen molar-refractivity contribution in [3.8, 4) is 0 Å². The highest BCUT2D eigenvalue weighted by Crippen LogP contribution is 2.41. The molecular formula is C16H24F3NO2S. The van der Waals surface area contributed by atoms with Gasteiger partial charge in [-0.25, -0.2) is 13.3 Å². The van der Waals surface area contributed by atoms with Crippen molar-refractivity contribution in [2.45, 2.75) is 63.9 Å². The molecule has 0 amide bonds. The summed E-state index contributed by atoms with van der Waals surface area (Å²) < 4.78 is 57.3. The zero-order valence-corrected chi connectivity index (χ0v) is 15.0. The predicted molar refractivity (Wildman–Crippen MR) is 86.0 cm³/mol. The number of rotatable bonds is 5. The zero-order chi connectivity index (χ0) is 18.2. The van der Waals surface area contributed by atoms with Crippen LogP contribution in [0, 0.1) is 5.82 Å². The second-order valence-corrected chi connectivity index (χ2v) is 9.06. The topological polar surface area (TPSA) is 49.3 Å². The molecule has 0 saturated carbocycles. The molecule has 0 heterocycles. The molecule has 7 heteroatoms. The van der Waals surface area contributed by atoms with Gasteiger partial charge in [0, 0.05) is 11.6 Å². The molecule has 0 bridgehead atoms. The van der Waals surface area contributed by atoms with Crippen molar-refractivity contribution < 1.29 is 22.5 Å². The summed E-state index contributed by atoms with van der Waals surface area (Å²) >= 11 is 0. The molecule has 0 radical (unpaired) electrons. The lowest BCUT2D eigenvalue weighted by Crippen LogP contribution is -2.41. The van der Waals surface area contributed by atoms with Crippen LogP contribution in [0.25, 0.3) is 0 Å². The molecule has 0 saturated heterocycles. The number of hydrogen-bond acceptors (Lipinski definition) is 2. The van der Waals surface area contributed by atoms with Crippen molar-refractivity contribution in [3.05, 3.63) is 35.1 Å². The lowest BCUT2D eigenvalue weighted by Gasteiger charge is -2.30. The van der Waals surface area contributed by atoms with Crippen molar-refractivity contribution in [2.24, 2.45) is 0 Å². The van der Waals surface area contributed by atoms with E-state index in [4.69, 9.17) is 0 Å². The van der Waals surface area contributed by atoms with Crippen molar-refractivity contribution in [1.82, 2.24) is 4.72 Å². The van der Waals surface area contributed by atoms with E-state index in [0.717, 1.165) is 19.9 Å². The summed E-state index contributed by atoms with van der Waals surface area (Å²) in [7, 11) is -1.47. The van der Waals surface area contributed by atoms with Crippen molar-refractivity contribution in [1.29, 1.82) is 0 Å². The van der Waals surface area contributed by atoms with E-state index in [-0.39, 0.29) is 5.56 Å². The molecule has 3 nitrogen and oxygen atoms in total. The number of halogens is 3. The van der Waals surface area contributed by atoms with E-state index in [2.05, 4.69) is 4.72 Å². The number of benzene rings is 1. The van der Waals surface area contributed by atoms with Gasteiger partial charge in [-0.1, -0.05) is 12.1 Å². The maximum absolute atomic E-state index is 14.6. The Morgan fingerprint density at radius 2 is 1.70 bits per heavy atom. The Balaban J connectivity index is 3.22. The standard InChI is InChI=1S/C16H24F3NO2S/c1-10(20-23(22)14(2,3)4)11-8-7-9-12(13(11)17)16(18,19)15(5,6)21/h7-10,20-21H,1-6H3. The Labute approximate surface area is 137 Å². The van der Waals surface area contributed by atoms with E-state index in [0.29, 0.717) is 0 Å². The van der Waals surface area contributed by atoms with Crippen LogP contribution in [-0.2, 0) is 16.9 Å². The van der Waals surface area contributed by atoms with Crippen molar-refractivity contribution in [3.63, 3.8) is 0 Å². The van der Waals surface area contributed by atoms with Gasteiger partial charge in [-0.05, 0) is 47.6 Å². The average Bonchev–Trinajstić information content (AvgIpc) is 2.35. The van der Waals surface area contributed by atoms with Crippen LogP contribution in [0.15, 0.2) is 18.2 Å². The maximum Gasteiger partial charge on any atom is 0.303 e. The molecule has 0 spiro atoms. The summed E-state index contributed by atoms with van der Waals surface area (Å²) in [6, 6.07) is 2.87. The Morgan fingerprint density at radius 3 is 2.13 bits per heavy atom. The van der Waals surface area contributed by atoms with Gasteiger partial charge in [0.05, 0.1) is 21.3 Å². The molecule has 1 rings (SSSR count). The molecule has 0 aliphatic carbocycles. The number of aliphatic hydroxyl groups is 1. The molecule has 2 N–H and O–H groups in total. The third-order valence-electron chi connectivity index (χ3n) is 3.44. The smallest absolute Gasteiger partial charge is 0.303 e. The first-order chi connectivity index (χ1) is 10.2. The average molecular weight is 351 g/mol. The monoisotopic (exact) mass is 351 g/mol. The van der Waals surface area contributed by atoms with Gasteiger partial charge in [0.15, 0.2) is 0 Å². The van der Waals surface area contributed by atoms with E-state index in [1.807, 2.05) is 0 Å². The molecule has 2 atom stereocenters. The number of alkyl halides is 2. The predicted octanol–water partition coefficient (Wildman–Crippen LogP) is 3.80. The van der Waals surface area contributed by atoms with E-state index in [1.54, 1.807) is 27.7 Å². The highest BCUT2D eigenvalue weighted by molar-refractivity contribution is 7.84. The minimum atomic E-state index is -3.75. The molecule has 0 aliphatic heterocycles. The molecule has 23 heavy (non-hydrogen) atoms. The Kier molecular flexibility index (Phi) is 5.71. The quantitative estimate of drug-likeness (QED) is 0.848. The van der Waals surface area contributed by atoms with Gasteiger partial charge < -0.3 is 5.11 Å². The van der Waals surface area contributed by atoms with E-state index in [1.165, 1.54) is 12.1 Å². The molecule has 0 aromatic heterocycles. The molecule has 0 aliphatic rings.